The van der Waals surface area contributed by atoms with Crippen molar-refractivity contribution in [1.82, 2.24) is 9.88 Å². The van der Waals surface area contributed by atoms with E-state index < -0.39 is 23.9 Å². The van der Waals surface area contributed by atoms with Crippen LogP contribution in [0.25, 0.3) is 0 Å². The smallest absolute Gasteiger partial charge is 0.416 e. The maximum absolute atomic E-state index is 12.8. The largest absolute Gasteiger partial charge is 0.450 e. The lowest BCUT2D eigenvalue weighted by atomic mass is 9.91. The minimum Gasteiger partial charge on any atom is -0.450 e. The van der Waals surface area contributed by atoms with E-state index in [-0.39, 0.29) is 6.61 Å². The summed E-state index contributed by atoms with van der Waals surface area (Å²) >= 11 is 0. The van der Waals surface area contributed by atoms with Gasteiger partial charge in [0.05, 0.1) is 18.2 Å². The van der Waals surface area contributed by atoms with Gasteiger partial charge in [0.1, 0.15) is 0 Å². The number of rotatable bonds is 2. The Labute approximate surface area is 143 Å². The summed E-state index contributed by atoms with van der Waals surface area (Å²) in [5, 5.41) is 0. The Kier molecular flexibility index (Phi) is 4.65. The number of hydrogen-bond acceptors (Lipinski definition) is 3. The van der Waals surface area contributed by atoms with E-state index >= 15 is 0 Å². The first-order chi connectivity index (χ1) is 11.9. The minimum absolute atomic E-state index is 0.231. The average Bonchev–Trinajstić information content (AvgIpc) is 2.60. The summed E-state index contributed by atoms with van der Waals surface area (Å²) in [5.74, 6) is 0. The van der Waals surface area contributed by atoms with Crippen LogP contribution in [0, 0.1) is 0 Å². The molecular weight excluding hydrogens is 333 g/mol. The molecule has 132 valence electrons. The Morgan fingerprint density at radius 1 is 1.28 bits per heavy atom. The number of carbonyl (C=O) groups excluding carboxylic acids is 1. The van der Waals surface area contributed by atoms with Crippen LogP contribution in [-0.4, -0.2) is 29.1 Å². The lowest BCUT2D eigenvalue weighted by Crippen LogP contribution is -2.41. The number of benzene rings is 1. The van der Waals surface area contributed by atoms with Crippen molar-refractivity contribution in [3.63, 3.8) is 0 Å². The molecule has 0 saturated heterocycles. The molecule has 0 N–H and O–H groups in total. The summed E-state index contributed by atoms with van der Waals surface area (Å²) in [7, 11) is 0. The predicted octanol–water partition coefficient (Wildman–Crippen LogP) is 4.20. The number of alkyl halides is 3. The van der Waals surface area contributed by atoms with Gasteiger partial charge in [0.2, 0.25) is 0 Å². The van der Waals surface area contributed by atoms with Gasteiger partial charge in [-0.3, -0.25) is 9.88 Å². The van der Waals surface area contributed by atoms with E-state index in [2.05, 4.69) is 4.98 Å². The molecule has 1 atom stereocenters. The fourth-order valence-corrected chi connectivity index (χ4v) is 3.05. The van der Waals surface area contributed by atoms with Gasteiger partial charge in [0.15, 0.2) is 0 Å². The standard InChI is InChI=1S/C18H17F3N2O2/c1-2-25-17(24)23-11-9-15-14(4-3-10-22-15)16(23)12-5-7-13(8-6-12)18(19,20)21/h3-8,10,16H,2,9,11H2,1H3. The normalized spacial score (nSPS) is 17.1. The van der Waals surface area contributed by atoms with Crippen LogP contribution in [0.1, 0.15) is 35.3 Å². The molecule has 4 nitrogen and oxygen atoms in total. The first-order valence-corrected chi connectivity index (χ1v) is 7.96. The van der Waals surface area contributed by atoms with Gasteiger partial charge in [-0.05, 0) is 30.7 Å². The number of halogens is 3. The maximum atomic E-state index is 12.8. The molecule has 0 bridgehead atoms. The van der Waals surface area contributed by atoms with Crippen LogP contribution in [0.3, 0.4) is 0 Å². The van der Waals surface area contributed by atoms with Crippen LogP contribution in [-0.2, 0) is 17.3 Å². The first-order valence-electron chi connectivity index (χ1n) is 7.96. The highest BCUT2D eigenvalue weighted by atomic mass is 19.4. The van der Waals surface area contributed by atoms with Crippen molar-refractivity contribution in [2.24, 2.45) is 0 Å². The molecule has 0 radical (unpaired) electrons. The molecular formula is C18H17F3N2O2. The highest BCUT2D eigenvalue weighted by molar-refractivity contribution is 5.70. The molecule has 1 aliphatic heterocycles. The second-order valence-corrected chi connectivity index (χ2v) is 5.70. The van der Waals surface area contributed by atoms with Gasteiger partial charge >= 0.3 is 12.3 Å². The zero-order chi connectivity index (χ0) is 18.0. The summed E-state index contributed by atoms with van der Waals surface area (Å²) in [6.45, 7) is 2.34. The van der Waals surface area contributed by atoms with E-state index in [0.717, 1.165) is 23.4 Å². The van der Waals surface area contributed by atoms with E-state index in [1.54, 1.807) is 19.2 Å². The van der Waals surface area contributed by atoms with Crippen molar-refractivity contribution in [2.75, 3.05) is 13.2 Å². The molecule has 2 heterocycles. The van der Waals surface area contributed by atoms with Gasteiger partial charge in [-0.2, -0.15) is 13.2 Å². The Morgan fingerprint density at radius 2 is 2.00 bits per heavy atom. The monoisotopic (exact) mass is 350 g/mol. The molecule has 25 heavy (non-hydrogen) atoms. The Balaban J connectivity index is 2.03. The molecule has 0 fully saturated rings. The number of amides is 1. The number of ether oxygens (including phenoxy) is 1. The molecule has 1 aromatic heterocycles. The topological polar surface area (TPSA) is 42.4 Å². The van der Waals surface area contributed by atoms with Crippen LogP contribution in [0.2, 0.25) is 0 Å². The molecule has 3 rings (SSSR count). The third-order valence-corrected chi connectivity index (χ3v) is 4.18. The zero-order valence-electron chi connectivity index (χ0n) is 13.6. The van der Waals surface area contributed by atoms with E-state index in [1.165, 1.54) is 17.0 Å². The third kappa shape index (κ3) is 3.45. The quantitative estimate of drug-likeness (QED) is 0.815. The number of pyridine rings is 1. The lowest BCUT2D eigenvalue weighted by molar-refractivity contribution is -0.137. The molecule has 0 saturated carbocycles. The van der Waals surface area contributed by atoms with Crippen LogP contribution >= 0.6 is 0 Å². The van der Waals surface area contributed by atoms with Crippen LogP contribution in [0.4, 0.5) is 18.0 Å². The third-order valence-electron chi connectivity index (χ3n) is 4.18. The molecule has 1 aliphatic rings. The minimum atomic E-state index is -4.40. The van der Waals surface area contributed by atoms with Gasteiger partial charge in [-0.1, -0.05) is 18.2 Å². The van der Waals surface area contributed by atoms with Crippen LogP contribution in [0.5, 0.6) is 0 Å². The van der Waals surface area contributed by atoms with Gasteiger partial charge in [0, 0.05) is 30.4 Å². The van der Waals surface area contributed by atoms with E-state index in [9.17, 15) is 18.0 Å². The zero-order valence-corrected chi connectivity index (χ0v) is 13.6. The number of nitrogens with zero attached hydrogens (tertiary/aromatic N) is 2. The lowest BCUT2D eigenvalue weighted by Gasteiger charge is -2.36. The van der Waals surface area contributed by atoms with Gasteiger partial charge in [-0.25, -0.2) is 4.79 Å². The molecule has 1 aromatic carbocycles. The number of fused-ring (bicyclic) bond motifs is 1. The number of aromatic nitrogens is 1. The van der Waals surface area contributed by atoms with Crippen molar-refractivity contribution >= 4 is 6.09 Å². The van der Waals surface area contributed by atoms with E-state index in [1.807, 2.05) is 6.07 Å². The summed E-state index contributed by atoms with van der Waals surface area (Å²) < 4.78 is 43.5. The van der Waals surface area contributed by atoms with Crippen molar-refractivity contribution in [3.05, 3.63) is 65.0 Å². The van der Waals surface area contributed by atoms with Crippen LogP contribution < -0.4 is 0 Å². The van der Waals surface area contributed by atoms with Crippen LogP contribution in [0.15, 0.2) is 42.6 Å². The molecule has 7 heteroatoms. The van der Waals surface area contributed by atoms with Gasteiger partial charge in [-0.15, -0.1) is 0 Å². The molecule has 1 unspecified atom stereocenters. The summed E-state index contributed by atoms with van der Waals surface area (Å²) in [6.07, 6.45) is -2.64. The van der Waals surface area contributed by atoms with E-state index in [4.69, 9.17) is 4.74 Å². The first kappa shape index (κ1) is 17.3. The molecule has 1 amide bonds. The van der Waals surface area contributed by atoms with Gasteiger partial charge < -0.3 is 4.74 Å². The van der Waals surface area contributed by atoms with Crippen molar-refractivity contribution in [2.45, 2.75) is 25.6 Å². The Bertz CT molecular complexity index is 760. The fourth-order valence-electron chi connectivity index (χ4n) is 3.05. The average molecular weight is 350 g/mol. The van der Waals surface area contributed by atoms with Gasteiger partial charge in [0.25, 0.3) is 0 Å². The predicted molar refractivity (Wildman–Crippen MR) is 85.0 cm³/mol. The molecule has 2 aromatic rings. The maximum Gasteiger partial charge on any atom is 0.416 e. The van der Waals surface area contributed by atoms with Crippen molar-refractivity contribution < 1.29 is 22.7 Å². The van der Waals surface area contributed by atoms with E-state index in [0.29, 0.717) is 18.5 Å². The molecule has 0 spiro atoms. The summed E-state index contributed by atoms with van der Waals surface area (Å²) in [5.41, 5.74) is 1.52. The number of hydrogen-bond donors (Lipinski definition) is 0. The number of carbonyl (C=O) groups is 1. The highest BCUT2D eigenvalue weighted by Crippen LogP contribution is 2.36. The highest BCUT2D eigenvalue weighted by Gasteiger charge is 2.35. The summed E-state index contributed by atoms with van der Waals surface area (Å²) in [6, 6.07) is 7.95. The SMILES string of the molecule is CCOC(=O)N1CCc2ncccc2C1c1ccc(C(F)(F)F)cc1. The molecule has 0 aliphatic carbocycles. The summed E-state index contributed by atoms with van der Waals surface area (Å²) in [4.78, 5) is 18.2. The fraction of sp³-hybridized carbons (Fsp3) is 0.333. The van der Waals surface area contributed by atoms with Crippen molar-refractivity contribution in [3.8, 4) is 0 Å². The second kappa shape index (κ2) is 6.74. The van der Waals surface area contributed by atoms with Crippen molar-refractivity contribution in [1.29, 1.82) is 0 Å². The Hall–Kier alpha value is -2.57. The Morgan fingerprint density at radius 3 is 2.64 bits per heavy atom. The second-order valence-electron chi connectivity index (χ2n) is 5.70.